The fourth-order valence-corrected chi connectivity index (χ4v) is 6.11. The normalized spacial score (nSPS) is 17.9. The lowest BCUT2D eigenvalue weighted by Gasteiger charge is -2.27. The topological polar surface area (TPSA) is 87.2 Å². The number of aliphatic carboxylic acids is 1. The first kappa shape index (κ1) is 32.2. The van der Waals surface area contributed by atoms with Gasteiger partial charge in [-0.2, -0.15) is 0 Å². The highest BCUT2D eigenvalue weighted by Crippen LogP contribution is 2.37. The first-order valence-electron chi connectivity index (χ1n) is 15.5. The van der Waals surface area contributed by atoms with Gasteiger partial charge in [0.25, 0.3) is 0 Å². The van der Waals surface area contributed by atoms with Gasteiger partial charge in [0.1, 0.15) is 11.9 Å². The number of rotatable bonds is 15. The zero-order valence-corrected chi connectivity index (χ0v) is 26.0. The van der Waals surface area contributed by atoms with E-state index in [4.69, 9.17) is 14.5 Å². The number of nitrogens with one attached hydrogen (secondary N) is 1. The molecule has 8 nitrogen and oxygen atoms in total. The van der Waals surface area contributed by atoms with Crippen molar-refractivity contribution in [2.45, 2.75) is 83.3 Å². The van der Waals surface area contributed by atoms with Gasteiger partial charge in [0.15, 0.2) is 11.6 Å². The third-order valence-electron chi connectivity index (χ3n) is 8.46. The van der Waals surface area contributed by atoms with Crippen LogP contribution in [0.1, 0.15) is 85.9 Å². The van der Waals surface area contributed by atoms with Gasteiger partial charge in [-0.05, 0) is 99.8 Å². The number of aromatic nitrogens is 1. The van der Waals surface area contributed by atoms with Crippen molar-refractivity contribution in [2.75, 3.05) is 59.3 Å². The molecule has 0 amide bonds. The minimum Gasteiger partial charge on any atom is -0.493 e. The number of carboxylic acids is 1. The average Bonchev–Trinajstić information content (AvgIpc) is 3.41. The zero-order chi connectivity index (χ0) is 30.2. The van der Waals surface area contributed by atoms with E-state index in [1.807, 2.05) is 18.7 Å². The van der Waals surface area contributed by atoms with Crippen LogP contribution >= 0.6 is 0 Å². The molecule has 9 heteroatoms. The van der Waals surface area contributed by atoms with Crippen LogP contribution in [-0.4, -0.2) is 86.0 Å². The molecule has 42 heavy (non-hydrogen) atoms. The largest absolute Gasteiger partial charge is 0.493 e. The maximum Gasteiger partial charge on any atom is 0.325 e. The number of hydrogen-bond donors (Lipinski definition) is 2. The molecule has 2 N–H and O–H groups in total. The first-order chi connectivity index (χ1) is 20.2. The third-order valence-corrected chi connectivity index (χ3v) is 8.46. The number of pyridine rings is 1. The molecule has 1 aromatic heterocycles. The van der Waals surface area contributed by atoms with Crippen LogP contribution in [0.5, 0.6) is 5.75 Å². The molecule has 0 spiro atoms. The Hall–Kier alpha value is -2.75. The van der Waals surface area contributed by atoms with Gasteiger partial charge in [0.05, 0.1) is 13.2 Å². The molecule has 3 heterocycles. The Labute approximate surface area is 250 Å². The number of carboxylic acid groups (broad SMARTS) is 1. The summed E-state index contributed by atoms with van der Waals surface area (Å²) in [5, 5.41) is 13.7. The van der Waals surface area contributed by atoms with E-state index < -0.39 is 17.8 Å². The SMILES string of the molecule is COc1c(F)cc(C(C)C)cc1C(C(=O)O)N1CC[C@@H](OCCCCCc2cc(CCN(C)C)c3c(n2)NCCC3)C1. The summed E-state index contributed by atoms with van der Waals surface area (Å²) in [5.41, 5.74) is 5.11. The van der Waals surface area contributed by atoms with Crippen LogP contribution in [0.15, 0.2) is 18.2 Å². The molecule has 0 aliphatic carbocycles. The molecule has 0 radical (unpaired) electrons. The summed E-state index contributed by atoms with van der Waals surface area (Å²) in [6.07, 6.45) is 8.03. The lowest BCUT2D eigenvalue weighted by molar-refractivity contribution is -0.143. The molecule has 2 atom stereocenters. The van der Waals surface area contributed by atoms with Gasteiger partial charge in [-0.1, -0.05) is 20.3 Å². The van der Waals surface area contributed by atoms with Crippen molar-refractivity contribution in [1.29, 1.82) is 0 Å². The van der Waals surface area contributed by atoms with Gasteiger partial charge < -0.3 is 24.8 Å². The van der Waals surface area contributed by atoms with E-state index in [9.17, 15) is 14.3 Å². The molecule has 1 unspecified atom stereocenters. The lowest BCUT2D eigenvalue weighted by Crippen LogP contribution is -2.34. The average molecular weight is 585 g/mol. The molecule has 2 aliphatic heterocycles. The number of halogens is 1. The fourth-order valence-electron chi connectivity index (χ4n) is 6.11. The Morgan fingerprint density at radius 2 is 2.02 bits per heavy atom. The van der Waals surface area contributed by atoms with Crippen molar-refractivity contribution in [3.05, 3.63) is 52.0 Å². The fraction of sp³-hybridized carbons (Fsp3) is 0.636. The number of likely N-dealkylation sites (tertiary alicyclic amines) is 1. The summed E-state index contributed by atoms with van der Waals surface area (Å²) < 4.78 is 26.3. The highest BCUT2D eigenvalue weighted by atomic mass is 19.1. The number of hydrogen-bond acceptors (Lipinski definition) is 7. The Bertz CT molecular complexity index is 1210. The van der Waals surface area contributed by atoms with Crippen LogP contribution in [-0.2, 0) is 28.8 Å². The number of fused-ring (bicyclic) bond motifs is 1. The summed E-state index contributed by atoms with van der Waals surface area (Å²) >= 11 is 0. The van der Waals surface area contributed by atoms with Crippen LogP contribution in [0.25, 0.3) is 0 Å². The number of ether oxygens (including phenoxy) is 2. The van der Waals surface area contributed by atoms with Gasteiger partial charge in [-0.25, -0.2) is 9.37 Å². The van der Waals surface area contributed by atoms with Crippen LogP contribution in [0.2, 0.25) is 0 Å². The highest BCUT2D eigenvalue weighted by Gasteiger charge is 2.36. The molecule has 232 valence electrons. The third kappa shape index (κ3) is 8.20. The van der Waals surface area contributed by atoms with E-state index in [0.717, 1.165) is 81.5 Å². The number of anilines is 1. The second-order valence-electron chi connectivity index (χ2n) is 12.3. The van der Waals surface area contributed by atoms with Gasteiger partial charge in [0, 0.05) is 44.0 Å². The maximum atomic E-state index is 14.8. The molecule has 4 rings (SSSR count). The molecular formula is C33H49FN4O4. The van der Waals surface area contributed by atoms with Crippen molar-refractivity contribution in [3.63, 3.8) is 0 Å². The Kier molecular flexibility index (Phi) is 11.6. The molecular weight excluding hydrogens is 535 g/mol. The second-order valence-corrected chi connectivity index (χ2v) is 12.3. The van der Waals surface area contributed by atoms with E-state index in [0.29, 0.717) is 25.3 Å². The highest BCUT2D eigenvalue weighted by molar-refractivity contribution is 5.77. The van der Waals surface area contributed by atoms with Crippen molar-refractivity contribution in [3.8, 4) is 5.75 Å². The standard InChI is InChI=1S/C33H49FN4O4/c1-22(2)24-19-28(31(41-5)29(34)20-24)30(33(39)40)38-16-13-26(21-38)42-17-8-6-7-10-25-18-23(12-15-37(3)4)27-11-9-14-35-32(27)36-25/h18-20,22,26,30H,6-17,21H2,1-5H3,(H,35,36)(H,39,40)/t26-,30?/m1/s1. The van der Waals surface area contributed by atoms with Crippen LogP contribution in [0, 0.1) is 5.82 Å². The number of benzene rings is 1. The Balaban J connectivity index is 1.26. The zero-order valence-electron chi connectivity index (χ0n) is 26.0. The summed E-state index contributed by atoms with van der Waals surface area (Å²) in [6.45, 7) is 7.67. The molecule has 1 saturated heterocycles. The van der Waals surface area contributed by atoms with E-state index >= 15 is 0 Å². The van der Waals surface area contributed by atoms with Gasteiger partial charge in [-0.3, -0.25) is 9.69 Å². The minimum atomic E-state index is -1.01. The van der Waals surface area contributed by atoms with Crippen molar-refractivity contribution in [1.82, 2.24) is 14.8 Å². The number of unbranched alkanes of at least 4 members (excludes halogenated alkanes) is 2. The van der Waals surface area contributed by atoms with Crippen LogP contribution in [0.3, 0.4) is 0 Å². The number of methoxy groups -OCH3 is 1. The lowest BCUT2D eigenvalue weighted by atomic mass is 9.95. The van der Waals surface area contributed by atoms with Gasteiger partial charge >= 0.3 is 5.97 Å². The Morgan fingerprint density at radius 1 is 1.21 bits per heavy atom. The van der Waals surface area contributed by atoms with Crippen molar-refractivity contribution < 1.29 is 23.8 Å². The summed E-state index contributed by atoms with van der Waals surface area (Å²) in [5.74, 6) is -0.380. The van der Waals surface area contributed by atoms with E-state index in [-0.39, 0.29) is 17.8 Å². The maximum absolute atomic E-state index is 14.8. The van der Waals surface area contributed by atoms with Crippen LogP contribution < -0.4 is 10.1 Å². The summed E-state index contributed by atoms with van der Waals surface area (Å²) in [7, 11) is 5.62. The Morgan fingerprint density at radius 3 is 2.74 bits per heavy atom. The molecule has 2 aromatic rings. The number of likely N-dealkylation sites (N-methyl/N-ethyl adjacent to an activating group) is 1. The monoisotopic (exact) mass is 584 g/mol. The molecule has 0 bridgehead atoms. The molecule has 0 saturated carbocycles. The number of carbonyl (C=O) groups is 1. The van der Waals surface area contributed by atoms with E-state index in [2.05, 4.69) is 30.4 Å². The summed E-state index contributed by atoms with van der Waals surface area (Å²) in [4.78, 5) is 21.4. The smallest absolute Gasteiger partial charge is 0.325 e. The number of nitrogens with zero attached hydrogens (tertiary/aromatic N) is 3. The van der Waals surface area contributed by atoms with Crippen molar-refractivity contribution in [2.24, 2.45) is 0 Å². The van der Waals surface area contributed by atoms with Gasteiger partial charge in [-0.15, -0.1) is 0 Å². The molecule has 1 aromatic carbocycles. The van der Waals surface area contributed by atoms with Crippen LogP contribution in [0.4, 0.5) is 10.2 Å². The minimum absolute atomic E-state index is 0.00480. The number of aryl methyl sites for hydroxylation is 1. The van der Waals surface area contributed by atoms with Gasteiger partial charge in [0.2, 0.25) is 0 Å². The molecule has 1 fully saturated rings. The van der Waals surface area contributed by atoms with E-state index in [1.54, 1.807) is 6.07 Å². The van der Waals surface area contributed by atoms with E-state index in [1.165, 1.54) is 24.3 Å². The summed E-state index contributed by atoms with van der Waals surface area (Å²) in [6, 6.07) is 4.54. The van der Waals surface area contributed by atoms with Crippen molar-refractivity contribution >= 4 is 11.8 Å². The first-order valence-corrected chi connectivity index (χ1v) is 15.5. The predicted molar refractivity (Wildman–Crippen MR) is 164 cm³/mol. The predicted octanol–water partition coefficient (Wildman–Crippen LogP) is 5.44. The molecule has 2 aliphatic rings. The quantitative estimate of drug-likeness (QED) is 0.268. The second kappa shape index (κ2) is 15.1.